The maximum atomic E-state index is 14.2. The minimum absolute atomic E-state index is 0.0198. The number of hydrogen-bond donors (Lipinski definition) is 6. The van der Waals surface area contributed by atoms with E-state index in [2.05, 4.69) is 10.3 Å². The first kappa shape index (κ1) is 30.4. The molecule has 11 nitrogen and oxygen atoms in total. The lowest BCUT2D eigenvalue weighted by Gasteiger charge is -2.50. The Morgan fingerprint density at radius 2 is 1.88 bits per heavy atom. The number of carbonyl (C=O) groups excluding carboxylic acids is 3. The number of aliphatic hydroxyl groups is 3. The van der Waals surface area contributed by atoms with Gasteiger partial charge in [0.15, 0.2) is 11.4 Å². The fourth-order valence-electron chi connectivity index (χ4n) is 6.97. The SMILES string of the molecule is CN(C)[C@@H]1C(O)=C(C(N)=O)C(=O)[C@@]2(O)C(O)=C3C(=O)c4c(O)c(C(C)(C)C)cc(CNCc5cccnc5)c4C[C@H]3C[C@@H]12. The Kier molecular flexibility index (Phi) is 7.48. The number of aliphatic hydroxyl groups excluding tert-OH is 2. The summed E-state index contributed by atoms with van der Waals surface area (Å²) in [4.78, 5) is 45.7. The van der Waals surface area contributed by atoms with Crippen molar-refractivity contribution in [1.29, 1.82) is 0 Å². The van der Waals surface area contributed by atoms with Crippen LogP contribution < -0.4 is 11.1 Å². The second kappa shape index (κ2) is 10.6. The van der Waals surface area contributed by atoms with E-state index in [0.29, 0.717) is 24.2 Å². The average molecular weight is 591 g/mol. The number of carbonyl (C=O) groups is 3. The first-order valence-corrected chi connectivity index (χ1v) is 14.2. The number of aromatic hydroxyl groups is 1. The third-order valence-corrected chi connectivity index (χ3v) is 8.99. The molecule has 11 heteroatoms. The van der Waals surface area contributed by atoms with Gasteiger partial charge in [-0.05, 0) is 67.1 Å². The smallest absolute Gasteiger partial charge is 0.255 e. The van der Waals surface area contributed by atoms with Gasteiger partial charge in [0, 0.05) is 42.5 Å². The van der Waals surface area contributed by atoms with Crippen LogP contribution in [0.3, 0.4) is 0 Å². The zero-order valence-electron chi connectivity index (χ0n) is 24.9. The van der Waals surface area contributed by atoms with E-state index in [-0.39, 0.29) is 29.7 Å². The molecule has 0 radical (unpaired) electrons. The van der Waals surface area contributed by atoms with Crippen molar-refractivity contribution in [3.8, 4) is 5.75 Å². The van der Waals surface area contributed by atoms with Gasteiger partial charge in [-0.2, -0.15) is 0 Å². The van der Waals surface area contributed by atoms with Crippen LogP contribution in [0.5, 0.6) is 5.75 Å². The number of pyridine rings is 1. The summed E-state index contributed by atoms with van der Waals surface area (Å²) in [5.41, 5.74) is 4.15. The second-order valence-electron chi connectivity index (χ2n) is 13.0. The number of amides is 1. The van der Waals surface area contributed by atoms with Crippen molar-refractivity contribution in [3.63, 3.8) is 0 Å². The van der Waals surface area contributed by atoms with Gasteiger partial charge < -0.3 is 31.5 Å². The molecule has 1 amide bonds. The van der Waals surface area contributed by atoms with Gasteiger partial charge in [0.05, 0.1) is 11.6 Å². The zero-order chi connectivity index (χ0) is 31.6. The molecule has 0 bridgehead atoms. The van der Waals surface area contributed by atoms with E-state index < -0.39 is 63.5 Å². The van der Waals surface area contributed by atoms with Gasteiger partial charge in [-0.25, -0.2) is 0 Å². The number of likely N-dealkylation sites (N-methyl/N-ethyl adjacent to an activating group) is 1. The Hall–Kier alpha value is -4.06. The molecule has 228 valence electrons. The third kappa shape index (κ3) is 4.72. The van der Waals surface area contributed by atoms with Gasteiger partial charge in [-0.15, -0.1) is 0 Å². The van der Waals surface area contributed by atoms with Crippen molar-refractivity contribution in [3.05, 3.63) is 81.1 Å². The highest BCUT2D eigenvalue weighted by molar-refractivity contribution is 6.24. The van der Waals surface area contributed by atoms with E-state index in [1.807, 2.05) is 39.0 Å². The molecule has 0 saturated carbocycles. The number of allylic oxidation sites excluding steroid dienone is 1. The number of nitrogens with zero attached hydrogens (tertiary/aromatic N) is 2. The summed E-state index contributed by atoms with van der Waals surface area (Å²) < 4.78 is 0. The Bertz CT molecular complexity index is 1590. The number of nitrogens with one attached hydrogen (secondary N) is 1. The van der Waals surface area contributed by atoms with E-state index in [0.717, 1.165) is 11.1 Å². The molecule has 3 aliphatic carbocycles. The van der Waals surface area contributed by atoms with E-state index in [4.69, 9.17) is 5.73 Å². The Morgan fingerprint density at radius 1 is 1.19 bits per heavy atom. The van der Waals surface area contributed by atoms with Crippen LogP contribution in [0.2, 0.25) is 0 Å². The van der Waals surface area contributed by atoms with Crippen molar-refractivity contribution in [2.45, 2.75) is 63.8 Å². The first-order chi connectivity index (χ1) is 20.1. The van der Waals surface area contributed by atoms with E-state index in [1.54, 1.807) is 26.5 Å². The molecule has 0 fully saturated rings. The summed E-state index contributed by atoms with van der Waals surface area (Å²) in [7, 11) is 3.21. The number of ketones is 2. The minimum Gasteiger partial charge on any atom is -0.510 e. The largest absolute Gasteiger partial charge is 0.510 e. The van der Waals surface area contributed by atoms with Crippen molar-refractivity contribution >= 4 is 17.5 Å². The minimum atomic E-state index is -2.67. The summed E-state index contributed by atoms with van der Waals surface area (Å²) in [6, 6.07) is 4.64. The van der Waals surface area contributed by atoms with Crippen molar-refractivity contribution in [1.82, 2.24) is 15.2 Å². The van der Waals surface area contributed by atoms with Gasteiger partial charge in [0.2, 0.25) is 5.78 Å². The predicted molar refractivity (Wildman–Crippen MR) is 157 cm³/mol. The van der Waals surface area contributed by atoms with Crippen LogP contribution in [-0.4, -0.2) is 73.5 Å². The maximum Gasteiger partial charge on any atom is 0.255 e. The molecule has 5 rings (SSSR count). The number of benzene rings is 1. The Morgan fingerprint density at radius 3 is 2.47 bits per heavy atom. The molecule has 1 aromatic carbocycles. The van der Waals surface area contributed by atoms with Gasteiger partial charge in [-0.1, -0.05) is 26.8 Å². The Labute approximate surface area is 249 Å². The number of hydrogen-bond acceptors (Lipinski definition) is 10. The quantitative estimate of drug-likeness (QED) is 0.272. The second-order valence-corrected chi connectivity index (χ2v) is 13.0. The molecule has 0 spiro atoms. The van der Waals surface area contributed by atoms with Crippen molar-refractivity contribution < 1.29 is 34.8 Å². The summed E-state index contributed by atoms with van der Waals surface area (Å²) >= 11 is 0. The number of nitrogens with two attached hydrogens (primary N) is 1. The number of phenols is 1. The molecule has 0 unspecified atom stereocenters. The molecule has 4 atom stereocenters. The Balaban J connectivity index is 1.65. The van der Waals surface area contributed by atoms with Crippen LogP contribution in [0, 0.1) is 11.8 Å². The van der Waals surface area contributed by atoms with Crippen LogP contribution in [0.1, 0.15) is 59.8 Å². The summed E-state index contributed by atoms with van der Waals surface area (Å²) in [5, 5.41) is 49.3. The standard InChI is InChI=1S/C32H38N4O7/c1-31(2,3)20-11-17(14-35-13-15-7-6-8-34-12-15)18-9-16-10-19-24(36(4)5)27(39)23(30(33)42)29(41)32(19,43)28(40)21(16)26(38)22(18)25(20)37/h6-8,11-12,16,19,24,35,37,39-40,43H,9-10,13-14H2,1-5H3,(H2,33,42)/t16-,19-,24-,32-/m0/s1. The lowest BCUT2D eigenvalue weighted by Crippen LogP contribution is -2.63. The van der Waals surface area contributed by atoms with E-state index in [9.17, 15) is 34.8 Å². The number of aromatic nitrogens is 1. The number of phenolic OH excluding ortho intramolecular Hbond substituents is 1. The fourth-order valence-corrected chi connectivity index (χ4v) is 6.97. The molecule has 0 saturated heterocycles. The molecule has 1 heterocycles. The maximum absolute atomic E-state index is 14.2. The number of Topliss-reactive ketones (excluding diaryl/α,β-unsaturated/α-hetero) is 2. The topological polar surface area (TPSA) is 186 Å². The predicted octanol–water partition coefficient (Wildman–Crippen LogP) is 2.10. The molecule has 3 aliphatic rings. The number of rotatable bonds is 6. The van der Waals surface area contributed by atoms with Crippen LogP contribution in [0.15, 0.2) is 53.3 Å². The van der Waals surface area contributed by atoms with Crippen molar-refractivity contribution in [2.75, 3.05) is 14.1 Å². The highest BCUT2D eigenvalue weighted by atomic mass is 16.3. The molecule has 2 aromatic rings. The number of primary amides is 1. The fraction of sp³-hybridized carbons (Fsp3) is 0.438. The highest BCUT2D eigenvalue weighted by Crippen LogP contribution is 2.53. The van der Waals surface area contributed by atoms with Crippen LogP contribution >= 0.6 is 0 Å². The van der Waals surface area contributed by atoms with E-state index in [1.165, 1.54) is 4.90 Å². The van der Waals surface area contributed by atoms with Crippen LogP contribution in [-0.2, 0) is 34.5 Å². The average Bonchev–Trinajstić information content (AvgIpc) is 2.91. The summed E-state index contributed by atoms with van der Waals surface area (Å²) in [5.74, 6) is -6.59. The summed E-state index contributed by atoms with van der Waals surface area (Å²) in [6.07, 6.45) is 3.72. The summed E-state index contributed by atoms with van der Waals surface area (Å²) in [6.45, 7) is 6.63. The lowest BCUT2D eigenvalue weighted by molar-refractivity contribution is -0.148. The molecular weight excluding hydrogens is 552 g/mol. The molecule has 1 aromatic heterocycles. The van der Waals surface area contributed by atoms with Gasteiger partial charge in [0.25, 0.3) is 5.91 Å². The van der Waals surface area contributed by atoms with Gasteiger partial charge >= 0.3 is 0 Å². The van der Waals surface area contributed by atoms with Gasteiger partial charge in [0.1, 0.15) is 22.8 Å². The van der Waals surface area contributed by atoms with E-state index >= 15 is 0 Å². The lowest BCUT2D eigenvalue weighted by atomic mass is 9.58. The molecule has 43 heavy (non-hydrogen) atoms. The normalized spacial score (nSPS) is 25.5. The van der Waals surface area contributed by atoms with Crippen LogP contribution in [0.4, 0.5) is 0 Å². The monoisotopic (exact) mass is 590 g/mol. The van der Waals surface area contributed by atoms with Crippen molar-refractivity contribution in [2.24, 2.45) is 17.6 Å². The molecular formula is C32H38N4O7. The zero-order valence-corrected chi connectivity index (χ0v) is 24.9. The number of fused-ring (bicyclic) bond motifs is 3. The molecule has 7 N–H and O–H groups in total. The highest BCUT2D eigenvalue weighted by Gasteiger charge is 2.63. The third-order valence-electron chi connectivity index (χ3n) is 8.99. The van der Waals surface area contributed by atoms with Crippen LogP contribution in [0.25, 0.3) is 0 Å². The first-order valence-electron chi connectivity index (χ1n) is 14.2. The molecule has 0 aliphatic heterocycles. The van der Waals surface area contributed by atoms with Gasteiger partial charge in [-0.3, -0.25) is 24.3 Å².